The van der Waals surface area contributed by atoms with Crippen molar-refractivity contribution in [3.63, 3.8) is 0 Å². The first-order chi connectivity index (χ1) is 17.5. The second kappa shape index (κ2) is 11.1. The summed E-state index contributed by atoms with van der Waals surface area (Å²) in [6.45, 7) is 5.89. The van der Waals surface area contributed by atoms with Gasteiger partial charge in [0.25, 0.3) is 0 Å². The zero-order valence-electron chi connectivity index (χ0n) is 22.0. The van der Waals surface area contributed by atoms with Gasteiger partial charge >= 0.3 is 18.2 Å². The number of β-lactam (4-membered cyclic amide) rings is 1. The van der Waals surface area contributed by atoms with E-state index in [4.69, 9.17) is 14.2 Å². The molecule has 37 heavy (non-hydrogen) atoms. The molecule has 3 heterocycles. The number of thioether (sulfide) groups is 1. The third-order valence-corrected chi connectivity index (χ3v) is 9.00. The van der Waals surface area contributed by atoms with Crippen molar-refractivity contribution in [1.29, 1.82) is 0 Å². The Morgan fingerprint density at radius 2 is 1.65 bits per heavy atom. The highest BCUT2D eigenvalue weighted by molar-refractivity contribution is 8.03. The fourth-order valence-electron chi connectivity index (χ4n) is 5.75. The lowest BCUT2D eigenvalue weighted by Gasteiger charge is -2.46. The molecular weight excluding hydrogens is 502 g/mol. The minimum absolute atomic E-state index is 0.0362. The van der Waals surface area contributed by atoms with Crippen LogP contribution in [0.25, 0.3) is 0 Å². The van der Waals surface area contributed by atoms with Crippen molar-refractivity contribution in [2.45, 2.75) is 82.7 Å². The van der Waals surface area contributed by atoms with Crippen LogP contribution in [-0.2, 0) is 23.8 Å². The molecule has 12 heteroatoms. The fourth-order valence-corrected chi connectivity index (χ4v) is 7.36. The lowest BCUT2D eigenvalue weighted by molar-refractivity contribution is -0.174. The number of nitrogens with zero attached hydrogens (tertiary/aromatic N) is 3. The van der Waals surface area contributed by atoms with E-state index < -0.39 is 30.4 Å². The lowest BCUT2D eigenvalue weighted by atomic mass is 9.79. The molecule has 0 aromatic rings. The highest BCUT2D eigenvalue weighted by atomic mass is 32.2. The van der Waals surface area contributed by atoms with Gasteiger partial charge in [-0.25, -0.2) is 14.4 Å². The van der Waals surface area contributed by atoms with Gasteiger partial charge in [0.2, 0.25) is 12.2 Å². The number of hydrogen-bond acceptors (Lipinski definition) is 9. The van der Waals surface area contributed by atoms with Crippen LogP contribution in [0.2, 0.25) is 0 Å². The number of aliphatic hydroxyl groups excluding tert-OH is 1. The van der Waals surface area contributed by atoms with Gasteiger partial charge in [-0.15, -0.1) is 11.8 Å². The standard InChI is InChI=1S/C25H37N3O8S/c1-13-19-18(14(2)29)22(30)28(19)20(21(13)37-17-11-26(4)24(32)27(5)12-17)23(31)34-15(3)35-25(33)36-16-9-7-6-8-10-16/h13-19,29H,6-12H2,1-5H3/t13-,14-,15?,18-,19?/m1/s1. The van der Waals surface area contributed by atoms with E-state index in [9.17, 15) is 24.3 Å². The minimum Gasteiger partial charge on any atom is -0.431 e. The summed E-state index contributed by atoms with van der Waals surface area (Å²) < 4.78 is 16.0. The molecule has 0 spiro atoms. The van der Waals surface area contributed by atoms with Crippen LogP contribution < -0.4 is 0 Å². The van der Waals surface area contributed by atoms with Crippen LogP contribution in [0.5, 0.6) is 0 Å². The molecule has 2 unspecified atom stereocenters. The number of amides is 3. The van der Waals surface area contributed by atoms with Crippen molar-refractivity contribution in [2.75, 3.05) is 27.2 Å². The summed E-state index contributed by atoms with van der Waals surface area (Å²) in [4.78, 5) is 56.0. The number of aliphatic hydroxyl groups is 1. The highest BCUT2D eigenvalue weighted by Crippen LogP contribution is 2.51. The number of carbonyl (C=O) groups excluding carboxylic acids is 4. The SMILES string of the molecule is CC(OC(=O)OC1CCCCC1)OC(=O)C1=C(SC2CN(C)C(=O)N(C)C2)[C@H](C)C2[C@@H]([C@@H](C)O)C(=O)N12. The van der Waals surface area contributed by atoms with Crippen molar-refractivity contribution in [2.24, 2.45) is 11.8 Å². The number of fused-ring (bicyclic) bond motifs is 1. The third kappa shape index (κ3) is 5.55. The first-order valence-corrected chi connectivity index (χ1v) is 13.8. The molecule has 0 aromatic heterocycles. The van der Waals surface area contributed by atoms with Crippen molar-refractivity contribution in [3.8, 4) is 0 Å². The molecule has 0 radical (unpaired) electrons. The van der Waals surface area contributed by atoms with Gasteiger partial charge < -0.3 is 34.0 Å². The van der Waals surface area contributed by atoms with Crippen molar-refractivity contribution in [3.05, 3.63) is 10.6 Å². The Labute approximate surface area is 221 Å². The molecule has 1 N–H and O–H groups in total. The zero-order valence-corrected chi connectivity index (χ0v) is 22.9. The molecule has 11 nitrogen and oxygen atoms in total. The normalized spacial score (nSPS) is 28.6. The Morgan fingerprint density at radius 1 is 1.03 bits per heavy atom. The predicted molar refractivity (Wildman–Crippen MR) is 134 cm³/mol. The number of urea groups is 1. The fraction of sp³-hybridized carbons (Fsp3) is 0.760. The molecule has 3 aliphatic heterocycles. The van der Waals surface area contributed by atoms with Crippen molar-refractivity contribution < 1.29 is 38.5 Å². The lowest BCUT2D eigenvalue weighted by Crippen LogP contribution is -2.63. The van der Waals surface area contributed by atoms with E-state index >= 15 is 0 Å². The van der Waals surface area contributed by atoms with Gasteiger partial charge in [0.1, 0.15) is 11.8 Å². The van der Waals surface area contributed by atoms with Crippen LogP contribution >= 0.6 is 11.8 Å². The Morgan fingerprint density at radius 3 is 2.24 bits per heavy atom. The molecule has 4 aliphatic rings. The van der Waals surface area contributed by atoms with E-state index in [1.807, 2.05) is 6.92 Å². The molecule has 1 saturated carbocycles. The molecule has 206 valence electrons. The van der Waals surface area contributed by atoms with Crippen LogP contribution in [0.15, 0.2) is 10.6 Å². The quantitative estimate of drug-likeness (QED) is 0.295. The maximum atomic E-state index is 13.4. The molecule has 3 fully saturated rings. The predicted octanol–water partition coefficient (Wildman–Crippen LogP) is 2.53. The van der Waals surface area contributed by atoms with E-state index in [2.05, 4.69) is 0 Å². The van der Waals surface area contributed by atoms with E-state index in [0.29, 0.717) is 18.0 Å². The zero-order chi connectivity index (χ0) is 27.0. The monoisotopic (exact) mass is 539 g/mol. The first kappa shape index (κ1) is 27.6. The van der Waals surface area contributed by atoms with Crippen LogP contribution in [-0.4, -0.2) is 101 Å². The molecule has 0 aromatic carbocycles. The molecular formula is C25H37N3O8S. The maximum absolute atomic E-state index is 13.4. The van der Waals surface area contributed by atoms with E-state index in [1.165, 1.54) is 23.6 Å². The molecule has 2 saturated heterocycles. The van der Waals surface area contributed by atoms with Gasteiger partial charge in [-0.2, -0.15) is 0 Å². The second-order valence-electron chi connectivity index (χ2n) is 10.5. The Balaban J connectivity index is 1.48. The topological polar surface area (TPSA) is 126 Å². The minimum atomic E-state index is -1.22. The van der Waals surface area contributed by atoms with Crippen molar-refractivity contribution >= 4 is 35.8 Å². The second-order valence-corrected chi connectivity index (χ2v) is 11.8. The summed E-state index contributed by atoms with van der Waals surface area (Å²) in [6, 6.07) is -0.449. The smallest absolute Gasteiger partial charge is 0.431 e. The summed E-state index contributed by atoms with van der Waals surface area (Å²) in [6.07, 6.45) is 1.52. The highest BCUT2D eigenvalue weighted by Gasteiger charge is 2.60. The Bertz CT molecular complexity index is 952. The number of carbonyl (C=O) groups is 4. The molecule has 5 atom stereocenters. The number of esters is 1. The van der Waals surface area contributed by atoms with Crippen LogP contribution in [0.3, 0.4) is 0 Å². The Hall–Kier alpha value is -2.47. The van der Waals surface area contributed by atoms with Gasteiger partial charge in [-0.1, -0.05) is 13.3 Å². The summed E-state index contributed by atoms with van der Waals surface area (Å²) in [5, 5.41) is 10.2. The van der Waals surface area contributed by atoms with E-state index in [0.717, 1.165) is 32.1 Å². The Kier molecular flexibility index (Phi) is 8.27. The number of ether oxygens (including phenoxy) is 3. The van der Waals surface area contributed by atoms with Gasteiger partial charge in [0.15, 0.2) is 0 Å². The van der Waals surface area contributed by atoms with Gasteiger partial charge in [-0.3, -0.25) is 4.79 Å². The van der Waals surface area contributed by atoms with Crippen molar-refractivity contribution in [1.82, 2.24) is 14.7 Å². The third-order valence-electron chi connectivity index (χ3n) is 7.55. The van der Waals surface area contributed by atoms with E-state index in [-0.39, 0.29) is 40.9 Å². The first-order valence-electron chi connectivity index (χ1n) is 13.0. The van der Waals surface area contributed by atoms with Gasteiger partial charge in [0.05, 0.1) is 18.1 Å². The van der Waals surface area contributed by atoms with Crippen LogP contribution in [0.1, 0.15) is 52.9 Å². The summed E-state index contributed by atoms with van der Waals surface area (Å²) >= 11 is 1.45. The summed E-state index contributed by atoms with van der Waals surface area (Å²) in [5.74, 6) is -1.95. The maximum Gasteiger partial charge on any atom is 0.511 e. The van der Waals surface area contributed by atoms with Gasteiger partial charge in [0, 0.05) is 50.2 Å². The van der Waals surface area contributed by atoms with Gasteiger partial charge in [-0.05, 0) is 32.6 Å². The summed E-state index contributed by atoms with van der Waals surface area (Å²) in [5.41, 5.74) is 0.114. The van der Waals surface area contributed by atoms with Crippen LogP contribution in [0, 0.1) is 11.8 Å². The molecule has 3 amide bonds. The number of rotatable bonds is 7. The average molecular weight is 540 g/mol. The number of hydrogen-bond donors (Lipinski definition) is 1. The largest absolute Gasteiger partial charge is 0.511 e. The average Bonchev–Trinajstić information content (AvgIpc) is 3.05. The van der Waals surface area contributed by atoms with E-state index in [1.54, 1.807) is 30.8 Å². The molecule has 1 aliphatic carbocycles. The molecule has 4 rings (SSSR count). The van der Waals surface area contributed by atoms with Crippen LogP contribution in [0.4, 0.5) is 9.59 Å². The molecule has 0 bridgehead atoms. The summed E-state index contributed by atoms with van der Waals surface area (Å²) in [7, 11) is 3.44.